The quantitative estimate of drug-likeness (QED) is 0.257. The van der Waals surface area contributed by atoms with Gasteiger partial charge in [-0.2, -0.15) is 0 Å². The van der Waals surface area contributed by atoms with E-state index in [1.165, 1.54) is 48.7 Å². The number of benzene rings is 3. The van der Waals surface area contributed by atoms with Crippen molar-refractivity contribution in [2.45, 2.75) is 17.2 Å². The third-order valence-corrected chi connectivity index (χ3v) is 7.41. The second-order valence-corrected chi connectivity index (χ2v) is 10.4. The second-order valence-electron chi connectivity index (χ2n) is 8.84. The molecule has 3 aromatic carbocycles. The summed E-state index contributed by atoms with van der Waals surface area (Å²) in [6, 6.07) is 17.9. The lowest BCUT2D eigenvalue weighted by atomic mass is 9.88. The Morgan fingerprint density at radius 1 is 0.868 bits per heavy atom. The summed E-state index contributed by atoms with van der Waals surface area (Å²) in [6.45, 7) is 0. The van der Waals surface area contributed by atoms with E-state index in [-0.39, 0.29) is 39.0 Å². The number of hydrogen-bond donors (Lipinski definition) is 1. The average molecular weight is 532 g/mol. The van der Waals surface area contributed by atoms with Crippen LogP contribution in [0.1, 0.15) is 23.7 Å². The zero-order valence-corrected chi connectivity index (χ0v) is 20.3. The van der Waals surface area contributed by atoms with Crippen LogP contribution in [0.15, 0.2) is 97.6 Å². The van der Waals surface area contributed by atoms with E-state index in [1.54, 1.807) is 30.3 Å². The summed E-state index contributed by atoms with van der Waals surface area (Å²) in [5.74, 6) is -0.356. The zero-order chi connectivity index (χ0) is 26.6. The summed E-state index contributed by atoms with van der Waals surface area (Å²) >= 11 is 0. The molecule has 6 rings (SSSR count). The lowest BCUT2D eigenvalue weighted by Crippen LogP contribution is -2.21. The van der Waals surface area contributed by atoms with Crippen LogP contribution in [0.25, 0.3) is 33.4 Å². The van der Waals surface area contributed by atoms with Crippen LogP contribution in [0.3, 0.4) is 0 Å². The first-order valence-electron chi connectivity index (χ1n) is 11.5. The van der Waals surface area contributed by atoms with Crippen LogP contribution in [0.4, 0.5) is 4.39 Å². The number of carbonyl (C=O) groups is 1. The molecule has 0 aliphatic carbocycles. The van der Waals surface area contributed by atoms with Crippen molar-refractivity contribution >= 4 is 27.0 Å². The van der Waals surface area contributed by atoms with Gasteiger partial charge in [-0.3, -0.25) is 9.59 Å². The van der Waals surface area contributed by atoms with Gasteiger partial charge in [0.2, 0.25) is 15.5 Å². The van der Waals surface area contributed by atoms with Gasteiger partial charge in [-0.05, 0) is 66.2 Å². The first-order valence-corrected chi connectivity index (χ1v) is 13.0. The normalized spacial score (nSPS) is 15.3. The molecule has 0 amide bonds. The average Bonchev–Trinajstić information content (AvgIpc) is 3.39. The molecule has 5 aromatic rings. The summed E-state index contributed by atoms with van der Waals surface area (Å²) in [6.07, 6.45) is 1.26. The molecule has 0 saturated heterocycles. The molecule has 0 fully saturated rings. The topological polar surface area (TPSA) is 130 Å². The Labute approximate surface area is 215 Å². The Bertz CT molecular complexity index is 1890. The molecule has 1 atom stereocenters. The maximum Gasteiger partial charge on any atom is 0.312 e. The number of rotatable bonds is 4. The molecule has 190 valence electrons. The fourth-order valence-corrected chi connectivity index (χ4v) is 5.15. The molecule has 0 radical (unpaired) electrons. The van der Waals surface area contributed by atoms with Crippen molar-refractivity contribution in [2.75, 3.05) is 0 Å². The largest absolute Gasteiger partial charge is 0.463 e. The van der Waals surface area contributed by atoms with E-state index in [2.05, 4.69) is 0 Å². The van der Waals surface area contributed by atoms with E-state index in [9.17, 15) is 22.4 Å². The fraction of sp³-hybridized carbons (Fsp3) is 0.0714. The van der Waals surface area contributed by atoms with Crippen LogP contribution in [0, 0.1) is 5.82 Å². The van der Waals surface area contributed by atoms with Crippen LogP contribution < -0.4 is 15.3 Å². The van der Waals surface area contributed by atoms with Gasteiger partial charge < -0.3 is 13.6 Å². The number of furan rings is 1. The summed E-state index contributed by atoms with van der Waals surface area (Å²) in [5.41, 5.74) is 1.82. The molecule has 0 spiro atoms. The number of carbonyl (C=O) groups excluding carboxylic acids is 1. The number of fused-ring (bicyclic) bond motifs is 3. The van der Waals surface area contributed by atoms with Crippen molar-refractivity contribution in [1.82, 2.24) is 0 Å². The summed E-state index contributed by atoms with van der Waals surface area (Å²) in [5, 5.41) is 5.45. The van der Waals surface area contributed by atoms with E-state index >= 15 is 0 Å². The standard InChI is InChI=1S/C28H18FNO7S/c29-17-5-1-15(2-6-17)21-14-35-28-19(27(21)32)9-10-24-26(28)20(13-25(31)37-24)23-12-11-22(36-23)16-3-7-18(8-4-16)38(30,33)34/h1-12,14,20H,13H2,(H2,30,33,34)/t20-/m0/s1. The molecule has 10 heteroatoms. The molecule has 0 bridgehead atoms. The van der Waals surface area contributed by atoms with E-state index in [0.29, 0.717) is 28.2 Å². The molecule has 0 unspecified atom stereocenters. The second kappa shape index (κ2) is 8.79. The number of primary sulfonamides is 1. The van der Waals surface area contributed by atoms with E-state index < -0.39 is 27.7 Å². The lowest BCUT2D eigenvalue weighted by Gasteiger charge is -2.23. The number of sulfonamides is 1. The molecule has 38 heavy (non-hydrogen) atoms. The Kier molecular flexibility index (Phi) is 5.51. The molecular weight excluding hydrogens is 513 g/mol. The van der Waals surface area contributed by atoms with Crippen molar-refractivity contribution < 1.29 is 31.2 Å². The summed E-state index contributed by atoms with van der Waals surface area (Å²) in [7, 11) is -3.84. The zero-order valence-electron chi connectivity index (χ0n) is 19.5. The Morgan fingerprint density at radius 2 is 1.58 bits per heavy atom. The SMILES string of the molecule is NS(=O)(=O)c1ccc(-c2ccc([C@@H]3CC(=O)Oc4ccc5c(=O)c(-c6ccc(F)cc6)coc5c43)o2)cc1. The monoisotopic (exact) mass is 531 g/mol. The van der Waals surface area contributed by atoms with Crippen LogP contribution in [0.5, 0.6) is 5.75 Å². The minimum atomic E-state index is -3.84. The first-order chi connectivity index (χ1) is 18.2. The van der Waals surface area contributed by atoms with Gasteiger partial charge in [0.1, 0.15) is 34.9 Å². The molecule has 1 aliphatic rings. The van der Waals surface area contributed by atoms with Gasteiger partial charge in [-0.15, -0.1) is 0 Å². The molecule has 1 aliphatic heterocycles. The highest BCUT2D eigenvalue weighted by atomic mass is 32.2. The summed E-state index contributed by atoms with van der Waals surface area (Å²) in [4.78, 5) is 25.8. The Hall–Kier alpha value is -4.54. The van der Waals surface area contributed by atoms with Gasteiger partial charge in [0.25, 0.3) is 0 Å². The predicted octanol–water partition coefficient (Wildman–Crippen LogP) is 4.95. The van der Waals surface area contributed by atoms with Crippen molar-refractivity contribution in [1.29, 1.82) is 0 Å². The third-order valence-electron chi connectivity index (χ3n) is 6.48. The van der Waals surface area contributed by atoms with E-state index in [1.807, 2.05) is 0 Å². The van der Waals surface area contributed by atoms with E-state index in [0.717, 1.165) is 0 Å². The van der Waals surface area contributed by atoms with Crippen LogP contribution in [-0.2, 0) is 14.8 Å². The van der Waals surface area contributed by atoms with Crippen LogP contribution in [-0.4, -0.2) is 14.4 Å². The van der Waals surface area contributed by atoms with Crippen LogP contribution >= 0.6 is 0 Å². The maximum absolute atomic E-state index is 13.4. The molecular formula is C28H18FNO7S. The first kappa shape index (κ1) is 23.8. The lowest BCUT2D eigenvalue weighted by molar-refractivity contribution is -0.135. The summed E-state index contributed by atoms with van der Waals surface area (Å²) < 4.78 is 53.9. The highest BCUT2D eigenvalue weighted by Gasteiger charge is 2.34. The highest BCUT2D eigenvalue weighted by molar-refractivity contribution is 7.89. The fourth-order valence-electron chi connectivity index (χ4n) is 4.63. The smallest absolute Gasteiger partial charge is 0.312 e. The van der Waals surface area contributed by atoms with Gasteiger partial charge in [0.05, 0.1) is 28.2 Å². The van der Waals surface area contributed by atoms with Crippen molar-refractivity contribution in [3.05, 3.63) is 106 Å². The number of ether oxygens (including phenoxy) is 1. The maximum atomic E-state index is 13.4. The molecule has 8 nitrogen and oxygen atoms in total. The number of esters is 1. The Balaban J connectivity index is 1.44. The minimum Gasteiger partial charge on any atom is -0.463 e. The minimum absolute atomic E-state index is 0.0292. The van der Waals surface area contributed by atoms with Gasteiger partial charge >= 0.3 is 5.97 Å². The molecule has 2 aromatic heterocycles. The highest BCUT2D eigenvalue weighted by Crippen LogP contribution is 2.44. The van der Waals surface area contributed by atoms with Crippen molar-refractivity contribution in [3.63, 3.8) is 0 Å². The third kappa shape index (κ3) is 4.09. The van der Waals surface area contributed by atoms with Gasteiger partial charge in [0, 0.05) is 11.1 Å². The number of halogens is 1. The molecule has 0 saturated carbocycles. The van der Waals surface area contributed by atoms with Crippen LogP contribution in [0.2, 0.25) is 0 Å². The number of hydrogen-bond acceptors (Lipinski definition) is 7. The molecule has 3 heterocycles. The van der Waals surface area contributed by atoms with Crippen molar-refractivity contribution in [2.24, 2.45) is 5.14 Å². The van der Waals surface area contributed by atoms with Gasteiger partial charge in [0.15, 0.2) is 0 Å². The van der Waals surface area contributed by atoms with E-state index in [4.69, 9.17) is 18.7 Å². The number of nitrogens with two attached hydrogens (primary N) is 1. The van der Waals surface area contributed by atoms with Gasteiger partial charge in [-0.25, -0.2) is 17.9 Å². The predicted molar refractivity (Wildman–Crippen MR) is 135 cm³/mol. The Morgan fingerprint density at radius 3 is 2.29 bits per heavy atom. The van der Waals surface area contributed by atoms with Gasteiger partial charge in [-0.1, -0.05) is 12.1 Å². The molecule has 2 N–H and O–H groups in total. The van der Waals surface area contributed by atoms with Crippen molar-refractivity contribution in [3.8, 4) is 28.2 Å².